The quantitative estimate of drug-likeness (QED) is 0.437. The van der Waals surface area contributed by atoms with Crippen molar-refractivity contribution in [1.82, 2.24) is 14.7 Å². The molecule has 2 amide bonds. The fourth-order valence-electron chi connectivity index (χ4n) is 6.03. The summed E-state index contributed by atoms with van der Waals surface area (Å²) in [6, 6.07) is 15.0. The molecule has 0 radical (unpaired) electrons. The van der Waals surface area contributed by atoms with Gasteiger partial charge in [-0.1, -0.05) is 55.8 Å². The van der Waals surface area contributed by atoms with Gasteiger partial charge in [0, 0.05) is 57.8 Å². The van der Waals surface area contributed by atoms with Crippen molar-refractivity contribution in [2.24, 2.45) is 11.8 Å². The zero-order valence-electron chi connectivity index (χ0n) is 28.1. The molecule has 3 rings (SSSR count). The standard InChI is InChI=1S/C35H52ClN3O7/c1-24(2)29-20-38(25(3)40)21-32(45-6)35(43)31(41)23-46-17-10-9-16-39(34(29)26-13-11-14-28(18-26)44-5)33(42)22-37(4)19-27-12-7-8-15-30(27)36/h7-8,11-15,18,24,29,31-32,34-35,41,43H,9-10,16-17,19-23H2,1-6H3/t29-,31+,32+,34-,35+/m1/s1. The predicted octanol–water partition coefficient (Wildman–Crippen LogP) is 4.02. The minimum atomic E-state index is -1.25. The molecule has 0 spiro atoms. The van der Waals surface area contributed by atoms with Gasteiger partial charge in [0.05, 0.1) is 26.3 Å². The van der Waals surface area contributed by atoms with E-state index in [0.717, 1.165) is 11.1 Å². The van der Waals surface area contributed by atoms with E-state index in [0.29, 0.717) is 49.9 Å². The molecule has 1 aliphatic heterocycles. The number of ether oxygens (including phenoxy) is 3. The summed E-state index contributed by atoms with van der Waals surface area (Å²) >= 11 is 6.44. The van der Waals surface area contributed by atoms with E-state index in [9.17, 15) is 19.8 Å². The third kappa shape index (κ3) is 10.7. The Bertz CT molecular complexity index is 1250. The number of benzene rings is 2. The lowest BCUT2D eigenvalue weighted by Gasteiger charge is -2.42. The van der Waals surface area contributed by atoms with Gasteiger partial charge < -0.3 is 34.2 Å². The molecule has 5 atom stereocenters. The molecule has 0 aliphatic carbocycles. The van der Waals surface area contributed by atoms with Gasteiger partial charge in [-0.15, -0.1) is 0 Å². The van der Waals surface area contributed by atoms with Gasteiger partial charge in [0.2, 0.25) is 11.8 Å². The summed E-state index contributed by atoms with van der Waals surface area (Å²) in [5.74, 6) is 0.275. The van der Waals surface area contributed by atoms with Crippen LogP contribution < -0.4 is 4.74 Å². The minimum Gasteiger partial charge on any atom is -0.497 e. The Kier molecular flexibility index (Phi) is 15.2. The van der Waals surface area contributed by atoms with Crippen LogP contribution in [0.25, 0.3) is 0 Å². The molecular weight excluding hydrogens is 610 g/mol. The minimum absolute atomic E-state index is 0.0460. The van der Waals surface area contributed by atoms with Crippen LogP contribution in [0, 0.1) is 11.8 Å². The fourth-order valence-corrected chi connectivity index (χ4v) is 6.23. The molecule has 0 bridgehead atoms. The molecule has 0 saturated carbocycles. The number of amides is 2. The van der Waals surface area contributed by atoms with Gasteiger partial charge in [0.25, 0.3) is 0 Å². The molecule has 2 aromatic carbocycles. The molecule has 1 saturated heterocycles. The van der Waals surface area contributed by atoms with E-state index in [4.69, 9.17) is 25.8 Å². The highest BCUT2D eigenvalue weighted by atomic mass is 35.5. The van der Waals surface area contributed by atoms with E-state index in [-0.39, 0.29) is 43.3 Å². The number of nitrogens with zero attached hydrogens (tertiary/aromatic N) is 3. The summed E-state index contributed by atoms with van der Waals surface area (Å²) < 4.78 is 16.9. The lowest BCUT2D eigenvalue weighted by Crippen LogP contribution is -2.51. The van der Waals surface area contributed by atoms with Crippen molar-refractivity contribution < 1.29 is 34.0 Å². The molecule has 0 aromatic heterocycles. The van der Waals surface area contributed by atoms with Crippen molar-refractivity contribution >= 4 is 23.4 Å². The lowest BCUT2D eigenvalue weighted by atomic mass is 9.82. The SMILES string of the molecule is COc1cccc([C@@H]2[C@@H](C(C)C)CN(C(C)=O)C[C@H](OC)[C@@H](O)[C@@H](O)COCCCCN2C(=O)CN(C)Cc2ccccc2Cl)c1. The van der Waals surface area contributed by atoms with Crippen LogP contribution in [0.2, 0.25) is 5.02 Å². The number of methoxy groups -OCH3 is 2. The van der Waals surface area contributed by atoms with Crippen molar-refractivity contribution in [3.8, 4) is 5.75 Å². The van der Waals surface area contributed by atoms with E-state index >= 15 is 0 Å². The Hall–Kier alpha value is -2.73. The van der Waals surface area contributed by atoms with Crippen LogP contribution in [-0.4, -0.2) is 116 Å². The van der Waals surface area contributed by atoms with Crippen molar-refractivity contribution in [3.05, 3.63) is 64.7 Å². The number of carbonyl (C=O) groups excluding carboxylic acids is 2. The third-order valence-electron chi connectivity index (χ3n) is 8.74. The van der Waals surface area contributed by atoms with E-state index in [1.807, 2.05) is 65.4 Å². The Morgan fingerprint density at radius 2 is 1.83 bits per heavy atom. The van der Waals surface area contributed by atoms with E-state index in [1.165, 1.54) is 14.0 Å². The zero-order valence-corrected chi connectivity index (χ0v) is 28.9. The molecule has 10 nitrogen and oxygen atoms in total. The highest BCUT2D eigenvalue weighted by molar-refractivity contribution is 6.31. The molecular formula is C35H52ClN3O7. The maximum atomic E-state index is 14.4. The molecule has 1 fully saturated rings. The average molecular weight is 662 g/mol. The number of hydrogen-bond donors (Lipinski definition) is 2. The van der Waals surface area contributed by atoms with E-state index in [2.05, 4.69) is 13.8 Å². The summed E-state index contributed by atoms with van der Waals surface area (Å²) in [6.07, 6.45) is -1.98. The summed E-state index contributed by atoms with van der Waals surface area (Å²) in [6.45, 7) is 7.44. The summed E-state index contributed by atoms with van der Waals surface area (Å²) in [5.41, 5.74) is 1.84. The van der Waals surface area contributed by atoms with Crippen molar-refractivity contribution in [2.75, 3.05) is 60.7 Å². The maximum Gasteiger partial charge on any atom is 0.237 e. The van der Waals surface area contributed by atoms with Crippen molar-refractivity contribution in [1.29, 1.82) is 0 Å². The molecule has 2 aromatic rings. The Labute approximate surface area is 279 Å². The maximum absolute atomic E-state index is 14.4. The van der Waals surface area contributed by atoms with Crippen molar-refractivity contribution in [3.63, 3.8) is 0 Å². The van der Waals surface area contributed by atoms with Crippen LogP contribution in [0.5, 0.6) is 5.75 Å². The second-order valence-electron chi connectivity index (χ2n) is 12.5. The number of carbonyl (C=O) groups is 2. The first kappa shape index (κ1) is 37.7. The number of likely N-dealkylation sites (N-methyl/N-ethyl adjacent to an activating group) is 1. The summed E-state index contributed by atoms with van der Waals surface area (Å²) in [7, 11) is 4.97. The highest BCUT2D eigenvalue weighted by Crippen LogP contribution is 2.37. The number of rotatable bonds is 8. The Morgan fingerprint density at radius 1 is 1.09 bits per heavy atom. The topological polar surface area (TPSA) is 112 Å². The van der Waals surface area contributed by atoms with Crippen LogP contribution in [0.15, 0.2) is 48.5 Å². The van der Waals surface area contributed by atoms with E-state index < -0.39 is 24.4 Å². The Balaban J connectivity index is 2.08. The van der Waals surface area contributed by atoms with Gasteiger partial charge in [0.1, 0.15) is 24.1 Å². The Morgan fingerprint density at radius 3 is 2.48 bits per heavy atom. The van der Waals surface area contributed by atoms with Gasteiger partial charge in [0.15, 0.2) is 0 Å². The van der Waals surface area contributed by atoms with Crippen molar-refractivity contribution in [2.45, 2.75) is 64.5 Å². The number of halogens is 1. The van der Waals surface area contributed by atoms with Crippen LogP contribution in [0.3, 0.4) is 0 Å². The predicted molar refractivity (Wildman–Crippen MR) is 179 cm³/mol. The third-order valence-corrected chi connectivity index (χ3v) is 9.11. The molecule has 0 unspecified atom stereocenters. The summed E-state index contributed by atoms with van der Waals surface area (Å²) in [5, 5.41) is 22.2. The zero-order chi connectivity index (χ0) is 33.8. The van der Waals surface area contributed by atoms with E-state index in [1.54, 1.807) is 12.0 Å². The van der Waals surface area contributed by atoms with Crippen LogP contribution in [0.1, 0.15) is 50.8 Å². The average Bonchev–Trinajstić information content (AvgIpc) is 3.03. The lowest BCUT2D eigenvalue weighted by molar-refractivity contribution is -0.140. The fraction of sp³-hybridized carbons (Fsp3) is 0.600. The number of hydrogen-bond acceptors (Lipinski definition) is 8. The first-order valence-electron chi connectivity index (χ1n) is 16.0. The van der Waals surface area contributed by atoms with Gasteiger partial charge >= 0.3 is 0 Å². The highest BCUT2D eigenvalue weighted by Gasteiger charge is 2.37. The smallest absolute Gasteiger partial charge is 0.237 e. The van der Waals surface area contributed by atoms with Crippen LogP contribution in [-0.2, 0) is 25.6 Å². The first-order valence-corrected chi connectivity index (χ1v) is 16.4. The first-order chi connectivity index (χ1) is 22.0. The largest absolute Gasteiger partial charge is 0.497 e. The molecule has 2 N–H and O–H groups in total. The molecule has 11 heteroatoms. The number of aliphatic hydroxyl groups is 2. The second kappa shape index (κ2) is 18.6. The van der Waals surface area contributed by atoms with Gasteiger partial charge in [-0.3, -0.25) is 14.5 Å². The molecule has 1 heterocycles. The summed E-state index contributed by atoms with van der Waals surface area (Å²) in [4.78, 5) is 33.1. The van der Waals surface area contributed by atoms with Gasteiger partial charge in [-0.05, 0) is 55.1 Å². The second-order valence-corrected chi connectivity index (χ2v) is 12.9. The van der Waals surface area contributed by atoms with Crippen LogP contribution >= 0.6 is 11.6 Å². The number of aliphatic hydroxyl groups excluding tert-OH is 2. The molecule has 46 heavy (non-hydrogen) atoms. The van der Waals surface area contributed by atoms with Crippen LogP contribution in [0.4, 0.5) is 0 Å². The van der Waals surface area contributed by atoms with Gasteiger partial charge in [-0.2, -0.15) is 0 Å². The normalized spacial score (nSPS) is 24.0. The molecule has 1 aliphatic rings. The monoisotopic (exact) mass is 661 g/mol. The molecule has 256 valence electrons. The van der Waals surface area contributed by atoms with Gasteiger partial charge in [-0.25, -0.2) is 0 Å².